The molecule has 0 unspecified atom stereocenters. The summed E-state index contributed by atoms with van der Waals surface area (Å²) in [5.41, 5.74) is 1.15. The molecule has 1 fully saturated rings. The lowest BCUT2D eigenvalue weighted by atomic mass is 10.2. The Morgan fingerprint density at radius 1 is 0.925 bits per heavy atom. The van der Waals surface area contributed by atoms with Crippen LogP contribution in [-0.2, 0) is 12.7 Å². The van der Waals surface area contributed by atoms with Crippen LogP contribution in [0.5, 0.6) is 17.2 Å². The second kappa shape index (κ2) is 12.3. The fourth-order valence-corrected chi connectivity index (χ4v) is 4.80. The molecule has 0 saturated carbocycles. The van der Waals surface area contributed by atoms with Gasteiger partial charge in [-0.1, -0.05) is 25.5 Å². The molecule has 3 aromatic carbocycles. The highest BCUT2D eigenvalue weighted by Crippen LogP contribution is 2.36. The number of halogens is 4. The molecule has 10 heteroatoms. The summed E-state index contributed by atoms with van der Waals surface area (Å²) in [7, 11) is 0. The number of ether oxygens (including phenoxy) is 2. The van der Waals surface area contributed by atoms with E-state index in [0.717, 1.165) is 86.3 Å². The molecule has 5 rings (SSSR count). The Morgan fingerprint density at radius 3 is 2.48 bits per heavy atom. The molecular formula is C30H32F4N4O2. The zero-order chi connectivity index (χ0) is 28.1. The lowest BCUT2D eigenvalue weighted by Gasteiger charge is -2.26. The van der Waals surface area contributed by atoms with Gasteiger partial charge in [0.2, 0.25) is 0 Å². The van der Waals surface area contributed by atoms with Crippen molar-refractivity contribution in [2.45, 2.75) is 32.5 Å². The van der Waals surface area contributed by atoms with Gasteiger partial charge in [-0.3, -0.25) is 4.90 Å². The second-order valence-electron chi connectivity index (χ2n) is 9.80. The molecule has 4 aromatic rings. The van der Waals surface area contributed by atoms with Gasteiger partial charge in [0.15, 0.2) is 0 Å². The van der Waals surface area contributed by atoms with Gasteiger partial charge in [0, 0.05) is 50.9 Å². The standard InChI is InChI=1S/C30H32F4N4O2/c1-2-3-13-38-28-20-22(39-17-16-37-14-11-35-12-15-37)8-10-27(28)36-29(38)21-5-4-6-23(18-21)40-24-7-9-26(31)25(19-24)30(32,33)34/h4-10,18-20,35H,2-3,11-17H2,1H3. The van der Waals surface area contributed by atoms with Gasteiger partial charge in [-0.05, 0) is 48.9 Å². The number of aromatic nitrogens is 2. The zero-order valence-corrected chi connectivity index (χ0v) is 22.3. The molecule has 2 heterocycles. The third-order valence-electron chi connectivity index (χ3n) is 6.91. The van der Waals surface area contributed by atoms with Crippen molar-refractivity contribution in [1.82, 2.24) is 19.8 Å². The number of fused-ring (bicyclic) bond motifs is 1. The fourth-order valence-electron chi connectivity index (χ4n) is 4.80. The molecule has 40 heavy (non-hydrogen) atoms. The average molecular weight is 557 g/mol. The Labute approximate surface area is 230 Å². The number of nitrogens with one attached hydrogen (secondary N) is 1. The van der Waals surface area contributed by atoms with Gasteiger partial charge < -0.3 is 19.4 Å². The number of nitrogens with zero attached hydrogens (tertiary/aromatic N) is 3. The molecule has 6 nitrogen and oxygen atoms in total. The number of unbranched alkanes of at least 4 members (excludes halogenated alkanes) is 1. The monoisotopic (exact) mass is 556 g/mol. The maximum absolute atomic E-state index is 13.7. The van der Waals surface area contributed by atoms with Gasteiger partial charge in [0.25, 0.3) is 0 Å². The molecule has 0 amide bonds. The van der Waals surface area contributed by atoms with E-state index in [2.05, 4.69) is 21.7 Å². The lowest BCUT2D eigenvalue weighted by molar-refractivity contribution is -0.140. The molecule has 212 valence electrons. The van der Waals surface area contributed by atoms with Crippen molar-refractivity contribution in [3.8, 4) is 28.6 Å². The van der Waals surface area contributed by atoms with E-state index < -0.39 is 17.6 Å². The normalized spacial score (nSPS) is 14.5. The molecule has 0 spiro atoms. The second-order valence-corrected chi connectivity index (χ2v) is 9.80. The predicted molar refractivity (Wildman–Crippen MR) is 146 cm³/mol. The molecule has 1 aliphatic rings. The number of aryl methyl sites for hydroxylation is 1. The maximum Gasteiger partial charge on any atom is 0.419 e. The van der Waals surface area contributed by atoms with Crippen LogP contribution in [0.1, 0.15) is 25.3 Å². The molecule has 0 atom stereocenters. The SMILES string of the molecule is CCCCn1c(-c2cccc(Oc3ccc(F)c(C(F)(F)F)c3)c2)nc2ccc(OCCN3CCNCC3)cc21. The highest BCUT2D eigenvalue weighted by molar-refractivity contribution is 5.82. The Balaban J connectivity index is 1.39. The molecule has 1 saturated heterocycles. The van der Waals surface area contributed by atoms with Crippen LogP contribution in [0.4, 0.5) is 17.6 Å². The first-order valence-corrected chi connectivity index (χ1v) is 13.5. The molecular weight excluding hydrogens is 524 g/mol. The molecule has 1 aliphatic heterocycles. The van der Waals surface area contributed by atoms with E-state index in [4.69, 9.17) is 14.5 Å². The number of imidazole rings is 1. The summed E-state index contributed by atoms with van der Waals surface area (Å²) < 4.78 is 67.1. The summed E-state index contributed by atoms with van der Waals surface area (Å²) in [5, 5.41) is 3.35. The van der Waals surface area contributed by atoms with Crippen molar-refractivity contribution in [2.75, 3.05) is 39.3 Å². The van der Waals surface area contributed by atoms with Gasteiger partial charge in [0.1, 0.15) is 35.5 Å². The Bertz CT molecular complexity index is 1450. The smallest absolute Gasteiger partial charge is 0.419 e. The average Bonchev–Trinajstić information content (AvgIpc) is 3.31. The van der Waals surface area contributed by atoms with Crippen LogP contribution in [0.25, 0.3) is 22.4 Å². The van der Waals surface area contributed by atoms with E-state index in [-0.39, 0.29) is 5.75 Å². The Morgan fingerprint density at radius 2 is 1.70 bits per heavy atom. The summed E-state index contributed by atoms with van der Waals surface area (Å²) in [6, 6.07) is 15.5. The van der Waals surface area contributed by atoms with Crippen LogP contribution < -0.4 is 14.8 Å². The van der Waals surface area contributed by atoms with Crippen molar-refractivity contribution < 1.29 is 27.0 Å². The number of hydrogen-bond acceptors (Lipinski definition) is 5. The van der Waals surface area contributed by atoms with Gasteiger partial charge in [-0.15, -0.1) is 0 Å². The van der Waals surface area contributed by atoms with Crippen molar-refractivity contribution in [3.63, 3.8) is 0 Å². The number of rotatable bonds is 10. The minimum Gasteiger partial charge on any atom is -0.492 e. The predicted octanol–water partition coefficient (Wildman–Crippen LogP) is 6.74. The highest BCUT2D eigenvalue weighted by Gasteiger charge is 2.34. The topological polar surface area (TPSA) is 51.6 Å². The van der Waals surface area contributed by atoms with Crippen LogP contribution in [0.15, 0.2) is 60.7 Å². The van der Waals surface area contributed by atoms with Crippen LogP contribution in [0, 0.1) is 5.82 Å². The fraction of sp³-hybridized carbons (Fsp3) is 0.367. The molecule has 1 N–H and O–H groups in total. The van der Waals surface area contributed by atoms with Gasteiger partial charge in [-0.2, -0.15) is 13.2 Å². The molecule has 0 bridgehead atoms. The van der Waals surface area contributed by atoms with Crippen molar-refractivity contribution in [3.05, 3.63) is 72.0 Å². The molecule has 0 radical (unpaired) electrons. The van der Waals surface area contributed by atoms with E-state index in [0.29, 0.717) is 18.4 Å². The van der Waals surface area contributed by atoms with E-state index in [9.17, 15) is 17.6 Å². The minimum absolute atomic E-state index is 0.104. The number of alkyl halides is 3. The lowest BCUT2D eigenvalue weighted by Crippen LogP contribution is -2.44. The number of piperazine rings is 1. The van der Waals surface area contributed by atoms with Crippen molar-refractivity contribution in [2.24, 2.45) is 0 Å². The van der Waals surface area contributed by atoms with E-state index in [1.165, 1.54) is 6.07 Å². The summed E-state index contributed by atoms with van der Waals surface area (Å²) >= 11 is 0. The van der Waals surface area contributed by atoms with Crippen LogP contribution in [-0.4, -0.2) is 53.8 Å². The first-order chi connectivity index (χ1) is 19.3. The Hall–Kier alpha value is -3.63. The van der Waals surface area contributed by atoms with Crippen LogP contribution in [0.3, 0.4) is 0 Å². The van der Waals surface area contributed by atoms with E-state index >= 15 is 0 Å². The summed E-state index contributed by atoms with van der Waals surface area (Å²) in [4.78, 5) is 7.25. The van der Waals surface area contributed by atoms with Crippen molar-refractivity contribution >= 4 is 11.0 Å². The van der Waals surface area contributed by atoms with Crippen molar-refractivity contribution in [1.29, 1.82) is 0 Å². The third-order valence-corrected chi connectivity index (χ3v) is 6.91. The molecule has 0 aliphatic carbocycles. The van der Waals surface area contributed by atoms with Gasteiger partial charge >= 0.3 is 6.18 Å². The third kappa shape index (κ3) is 6.56. The summed E-state index contributed by atoms with van der Waals surface area (Å²) in [5.74, 6) is 0.379. The zero-order valence-electron chi connectivity index (χ0n) is 22.3. The Kier molecular flexibility index (Phi) is 8.56. The minimum atomic E-state index is -4.82. The first-order valence-electron chi connectivity index (χ1n) is 13.5. The summed E-state index contributed by atoms with van der Waals surface area (Å²) in [6.45, 7) is 8.35. The quantitative estimate of drug-likeness (QED) is 0.219. The van der Waals surface area contributed by atoms with Crippen LogP contribution >= 0.6 is 0 Å². The summed E-state index contributed by atoms with van der Waals surface area (Å²) in [6.07, 6.45) is -2.88. The first kappa shape index (κ1) is 27.9. The molecule has 1 aromatic heterocycles. The number of hydrogen-bond donors (Lipinski definition) is 1. The van der Waals surface area contributed by atoms with E-state index in [1.807, 2.05) is 24.3 Å². The van der Waals surface area contributed by atoms with Gasteiger partial charge in [0.05, 0.1) is 16.6 Å². The number of benzene rings is 3. The highest BCUT2D eigenvalue weighted by atomic mass is 19.4. The maximum atomic E-state index is 13.7. The van der Waals surface area contributed by atoms with Crippen LogP contribution in [0.2, 0.25) is 0 Å². The largest absolute Gasteiger partial charge is 0.492 e. The van der Waals surface area contributed by atoms with Gasteiger partial charge in [-0.25, -0.2) is 9.37 Å². The van der Waals surface area contributed by atoms with E-state index in [1.54, 1.807) is 18.2 Å².